The molecule has 2 atom stereocenters. The zero-order chi connectivity index (χ0) is 10.0. The van der Waals surface area contributed by atoms with Crippen LogP contribution in [-0.4, -0.2) is 30.1 Å². The Morgan fingerprint density at radius 3 is 2.69 bits per heavy atom. The van der Waals surface area contributed by atoms with Crippen molar-refractivity contribution < 1.29 is 14.3 Å². The van der Waals surface area contributed by atoms with E-state index >= 15 is 0 Å². The molecular formula is C9H15NO3. The summed E-state index contributed by atoms with van der Waals surface area (Å²) in [4.78, 5) is 23.7. The Morgan fingerprint density at radius 1 is 1.69 bits per heavy atom. The van der Waals surface area contributed by atoms with Gasteiger partial charge in [0.05, 0.1) is 0 Å². The maximum atomic E-state index is 11.5. The fourth-order valence-electron chi connectivity index (χ4n) is 1.59. The first-order chi connectivity index (χ1) is 6.06. The van der Waals surface area contributed by atoms with Crippen LogP contribution in [0.1, 0.15) is 26.7 Å². The summed E-state index contributed by atoms with van der Waals surface area (Å²) in [6.07, 6.45) is 1.08. The SMILES string of the molecule is CCC1CC(OC(C)=O)N(C)C1=O. The summed E-state index contributed by atoms with van der Waals surface area (Å²) >= 11 is 0. The van der Waals surface area contributed by atoms with Gasteiger partial charge in [0.2, 0.25) is 5.91 Å². The molecule has 1 saturated heterocycles. The van der Waals surface area contributed by atoms with Crippen molar-refractivity contribution in [2.45, 2.75) is 32.9 Å². The van der Waals surface area contributed by atoms with E-state index in [0.717, 1.165) is 6.42 Å². The minimum absolute atomic E-state index is 0.0225. The predicted octanol–water partition coefficient (Wildman–Crippen LogP) is 0.764. The molecule has 1 aliphatic rings. The largest absolute Gasteiger partial charge is 0.442 e. The number of amides is 1. The Balaban J connectivity index is 2.60. The van der Waals surface area contributed by atoms with Crippen LogP contribution in [0.4, 0.5) is 0 Å². The van der Waals surface area contributed by atoms with Gasteiger partial charge in [-0.1, -0.05) is 6.92 Å². The number of likely N-dealkylation sites (tertiary alicyclic amines) is 1. The molecule has 13 heavy (non-hydrogen) atoms. The van der Waals surface area contributed by atoms with Gasteiger partial charge in [-0.25, -0.2) is 0 Å². The normalized spacial score (nSPS) is 27.9. The van der Waals surface area contributed by atoms with Crippen molar-refractivity contribution in [1.82, 2.24) is 4.90 Å². The fourth-order valence-corrected chi connectivity index (χ4v) is 1.59. The third-order valence-electron chi connectivity index (χ3n) is 2.41. The summed E-state index contributed by atoms with van der Waals surface area (Å²) in [5, 5.41) is 0. The maximum absolute atomic E-state index is 11.5. The number of hydrogen-bond acceptors (Lipinski definition) is 3. The second-order valence-corrected chi connectivity index (χ2v) is 3.35. The van der Waals surface area contributed by atoms with Gasteiger partial charge in [0.15, 0.2) is 6.23 Å². The lowest BCUT2D eigenvalue weighted by molar-refractivity contribution is -0.155. The Kier molecular flexibility index (Phi) is 2.90. The second kappa shape index (κ2) is 3.77. The molecular weight excluding hydrogens is 170 g/mol. The molecule has 0 aromatic carbocycles. The highest BCUT2D eigenvalue weighted by atomic mass is 16.6. The van der Waals surface area contributed by atoms with E-state index in [-0.39, 0.29) is 24.0 Å². The molecule has 74 valence electrons. The molecule has 0 radical (unpaired) electrons. The Morgan fingerprint density at radius 2 is 2.31 bits per heavy atom. The van der Waals surface area contributed by atoms with Crippen molar-refractivity contribution in [2.24, 2.45) is 5.92 Å². The van der Waals surface area contributed by atoms with E-state index in [1.54, 1.807) is 7.05 Å². The molecule has 0 N–H and O–H groups in total. The van der Waals surface area contributed by atoms with Gasteiger partial charge in [-0.05, 0) is 6.42 Å². The minimum Gasteiger partial charge on any atom is -0.442 e. The first-order valence-electron chi connectivity index (χ1n) is 4.50. The van der Waals surface area contributed by atoms with Crippen molar-refractivity contribution in [1.29, 1.82) is 0 Å². The monoisotopic (exact) mass is 185 g/mol. The van der Waals surface area contributed by atoms with Gasteiger partial charge < -0.3 is 9.64 Å². The second-order valence-electron chi connectivity index (χ2n) is 3.35. The molecule has 0 aromatic rings. The van der Waals surface area contributed by atoms with E-state index in [4.69, 9.17) is 4.74 Å². The lowest BCUT2D eigenvalue weighted by atomic mass is 10.1. The van der Waals surface area contributed by atoms with Crippen LogP contribution in [-0.2, 0) is 14.3 Å². The standard InChI is InChI=1S/C9H15NO3/c1-4-7-5-8(13-6(2)11)10(3)9(7)12/h7-8H,4-5H2,1-3H3. The van der Waals surface area contributed by atoms with Gasteiger partial charge >= 0.3 is 5.97 Å². The summed E-state index contributed by atoms with van der Waals surface area (Å²) in [6, 6.07) is 0. The third kappa shape index (κ3) is 1.99. The van der Waals surface area contributed by atoms with Crippen LogP contribution in [0, 0.1) is 5.92 Å². The number of carbonyl (C=O) groups excluding carboxylic acids is 2. The van der Waals surface area contributed by atoms with Gasteiger partial charge in [0, 0.05) is 26.3 Å². The zero-order valence-corrected chi connectivity index (χ0v) is 8.24. The Labute approximate surface area is 77.8 Å². The molecule has 0 saturated carbocycles. The number of ether oxygens (including phenoxy) is 1. The number of esters is 1. The third-order valence-corrected chi connectivity index (χ3v) is 2.41. The van der Waals surface area contributed by atoms with Crippen LogP contribution in [0.25, 0.3) is 0 Å². The molecule has 1 aliphatic heterocycles. The zero-order valence-electron chi connectivity index (χ0n) is 8.24. The molecule has 0 spiro atoms. The fraction of sp³-hybridized carbons (Fsp3) is 0.778. The van der Waals surface area contributed by atoms with Crippen LogP contribution in [0.5, 0.6) is 0 Å². The van der Waals surface area contributed by atoms with Gasteiger partial charge in [-0.3, -0.25) is 9.59 Å². The van der Waals surface area contributed by atoms with Crippen molar-refractivity contribution in [3.63, 3.8) is 0 Å². The summed E-state index contributed by atoms with van der Waals surface area (Å²) in [6.45, 7) is 3.32. The highest BCUT2D eigenvalue weighted by molar-refractivity contribution is 5.81. The predicted molar refractivity (Wildman–Crippen MR) is 46.7 cm³/mol. The van der Waals surface area contributed by atoms with Crippen molar-refractivity contribution in [3.05, 3.63) is 0 Å². The molecule has 4 heteroatoms. The molecule has 1 fully saturated rings. The minimum atomic E-state index is -0.352. The lowest BCUT2D eigenvalue weighted by Crippen LogP contribution is -2.32. The molecule has 0 aliphatic carbocycles. The number of carbonyl (C=O) groups is 2. The van der Waals surface area contributed by atoms with Crippen molar-refractivity contribution >= 4 is 11.9 Å². The number of hydrogen-bond donors (Lipinski definition) is 0. The molecule has 4 nitrogen and oxygen atoms in total. The molecule has 0 bridgehead atoms. The lowest BCUT2D eigenvalue weighted by Gasteiger charge is -2.18. The van der Waals surface area contributed by atoms with E-state index in [1.807, 2.05) is 6.92 Å². The van der Waals surface area contributed by atoms with Gasteiger partial charge in [0.25, 0.3) is 0 Å². The number of nitrogens with zero attached hydrogens (tertiary/aromatic N) is 1. The highest BCUT2D eigenvalue weighted by Gasteiger charge is 2.37. The van der Waals surface area contributed by atoms with Gasteiger partial charge in [-0.15, -0.1) is 0 Å². The average molecular weight is 185 g/mol. The molecule has 1 amide bonds. The van der Waals surface area contributed by atoms with E-state index in [2.05, 4.69) is 0 Å². The molecule has 0 aromatic heterocycles. The molecule has 2 unspecified atom stereocenters. The molecule has 1 heterocycles. The number of rotatable bonds is 2. The quantitative estimate of drug-likeness (QED) is 0.597. The van der Waals surface area contributed by atoms with E-state index in [1.165, 1.54) is 11.8 Å². The smallest absolute Gasteiger partial charge is 0.304 e. The first kappa shape index (κ1) is 10.0. The van der Waals surface area contributed by atoms with Gasteiger partial charge in [-0.2, -0.15) is 0 Å². The summed E-state index contributed by atoms with van der Waals surface area (Å²) in [7, 11) is 1.67. The molecule has 1 rings (SSSR count). The van der Waals surface area contributed by atoms with Crippen LogP contribution in [0.2, 0.25) is 0 Å². The van der Waals surface area contributed by atoms with Gasteiger partial charge in [0.1, 0.15) is 0 Å². The van der Waals surface area contributed by atoms with Crippen LogP contribution in [0.3, 0.4) is 0 Å². The topological polar surface area (TPSA) is 46.6 Å². The van der Waals surface area contributed by atoms with Crippen molar-refractivity contribution in [3.8, 4) is 0 Å². The average Bonchev–Trinajstić information content (AvgIpc) is 2.32. The van der Waals surface area contributed by atoms with E-state index < -0.39 is 0 Å². The van der Waals surface area contributed by atoms with Crippen LogP contribution in [0.15, 0.2) is 0 Å². The first-order valence-corrected chi connectivity index (χ1v) is 4.50. The Hall–Kier alpha value is -1.06. The van der Waals surface area contributed by atoms with Crippen LogP contribution < -0.4 is 0 Å². The van der Waals surface area contributed by atoms with E-state index in [0.29, 0.717) is 6.42 Å². The summed E-state index contributed by atoms with van der Waals surface area (Å²) in [5.41, 5.74) is 0. The Bertz CT molecular complexity index is 227. The van der Waals surface area contributed by atoms with Crippen LogP contribution >= 0.6 is 0 Å². The summed E-state index contributed by atoms with van der Waals surface area (Å²) < 4.78 is 4.99. The van der Waals surface area contributed by atoms with E-state index in [9.17, 15) is 9.59 Å². The highest BCUT2D eigenvalue weighted by Crippen LogP contribution is 2.26. The maximum Gasteiger partial charge on any atom is 0.304 e. The summed E-state index contributed by atoms with van der Waals surface area (Å²) in [5.74, 6) is -0.232. The van der Waals surface area contributed by atoms with Crippen molar-refractivity contribution in [2.75, 3.05) is 7.05 Å².